The van der Waals surface area contributed by atoms with E-state index in [9.17, 15) is 14.4 Å². The maximum atomic E-state index is 12.6. The van der Waals surface area contributed by atoms with Gasteiger partial charge in [0.25, 0.3) is 5.91 Å². The van der Waals surface area contributed by atoms with Crippen molar-refractivity contribution < 1.29 is 14.4 Å². The number of amides is 3. The fraction of sp³-hybridized carbons (Fsp3) is 0.588. The second kappa shape index (κ2) is 9.11. The Hall–Kier alpha value is -1.97. The highest BCUT2D eigenvalue weighted by atomic mass is 32.1. The maximum absolute atomic E-state index is 12.6. The van der Waals surface area contributed by atoms with Crippen molar-refractivity contribution in [1.82, 2.24) is 14.7 Å². The monoisotopic (exact) mass is 381 g/mol. The standard InChI is InChI=1S/C17H27N5O3S/c1-12(16(25)19-17-13(15(18)24)5-10-26-17)22-7-4-6-21(8-9-22)11-14(23)20(2)3/h5,10,12H,4,6-9,11H2,1-3H3,(H2,18,24)(H,19,25)/t12-/m0/s1. The molecule has 26 heavy (non-hydrogen) atoms. The SMILES string of the molecule is C[C@@H](C(=O)Nc1sccc1C(N)=O)N1CCCN(CC(=O)N(C)C)CC1. The highest BCUT2D eigenvalue weighted by Crippen LogP contribution is 2.23. The van der Waals surface area contributed by atoms with E-state index in [1.165, 1.54) is 11.3 Å². The summed E-state index contributed by atoms with van der Waals surface area (Å²) in [6.45, 7) is 5.33. The topological polar surface area (TPSA) is 99.0 Å². The molecule has 1 atom stereocenters. The van der Waals surface area contributed by atoms with Crippen LogP contribution in [0.15, 0.2) is 11.4 Å². The third-order valence-electron chi connectivity index (χ3n) is 4.58. The molecule has 0 spiro atoms. The van der Waals surface area contributed by atoms with E-state index in [1.54, 1.807) is 30.4 Å². The van der Waals surface area contributed by atoms with Crippen LogP contribution in [-0.2, 0) is 9.59 Å². The minimum Gasteiger partial charge on any atom is -0.366 e. The number of nitrogens with zero attached hydrogens (tertiary/aromatic N) is 3. The summed E-state index contributed by atoms with van der Waals surface area (Å²) in [5, 5.41) is 5.03. The lowest BCUT2D eigenvalue weighted by molar-refractivity contribution is -0.130. The maximum Gasteiger partial charge on any atom is 0.251 e. The third kappa shape index (κ3) is 5.26. The number of nitrogens with two attached hydrogens (primary N) is 1. The number of thiophene rings is 1. The molecule has 9 heteroatoms. The van der Waals surface area contributed by atoms with E-state index in [-0.39, 0.29) is 17.9 Å². The summed E-state index contributed by atoms with van der Waals surface area (Å²) in [4.78, 5) is 41.7. The normalized spacial score (nSPS) is 17.3. The second-order valence-electron chi connectivity index (χ2n) is 6.65. The van der Waals surface area contributed by atoms with Gasteiger partial charge in [-0.05, 0) is 31.3 Å². The molecule has 1 aliphatic rings. The molecule has 0 saturated carbocycles. The first-order chi connectivity index (χ1) is 12.3. The van der Waals surface area contributed by atoms with E-state index in [0.717, 1.165) is 26.1 Å². The molecule has 0 aliphatic carbocycles. The Morgan fingerprint density at radius 2 is 2.00 bits per heavy atom. The number of carbonyl (C=O) groups is 3. The molecular formula is C17H27N5O3S. The largest absolute Gasteiger partial charge is 0.366 e. The Labute approximate surface area is 157 Å². The van der Waals surface area contributed by atoms with Gasteiger partial charge in [0.05, 0.1) is 18.2 Å². The van der Waals surface area contributed by atoms with Crippen molar-refractivity contribution in [2.24, 2.45) is 5.73 Å². The van der Waals surface area contributed by atoms with Crippen LogP contribution in [0.25, 0.3) is 0 Å². The van der Waals surface area contributed by atoms with Crippen molar-refractivity contribution >= 4 is 34.1 Å². The highest BCUT2D eigenvalue weighted by molar-refractivity contribution is 7.14. The number of carbonyl (C=O) groups excluding carboxylic acids is 3. The predicted octanol–water partition coefficient (Wildman–Crippen LogP) is 0.270. The third-order valence-corrected chi connectivity index (χ3v) is 5.41. The molecule has 0 unspecified atom stereocenters. The van der Waals surface area contributed by atoms with Gasteiger partial charge in [-0.3, -0.25) is 24.2 Å². The van der Waals surface area contributed by atoms with E-state index in [0.29, 0.717) is 23.7 Å². The van der Waals surface area contributed by atoms with Crippen LogP contribution in [0.1, 0.15) is 23.7 Å². The first-order valence-corrected chi connectivity index (χ1v) is 9.52. The van der Waals surface area contributed by atoms with E-state index >= 15 is 0 Å². The lowest BCUT2D eigenvalue weighted by Crippen LogP contribution is -2.44. The molecule has 0 radical (unpaired) electrons. The van der Waals surface area contributed by atoms with Gasteiger partial charge in [-0.1, -0.05) is 0 Å². The average molecular weight is 382 g/mol. The molecule has 1 aromatic heterocycles. The van der Waals surface area contributed by atoms with Crippen LogP contribution < -0.4 is 11.1 Å². The number of likely N-dealkylation sites (N-methyl/N-ethyl adjacent to an activating group) is 1. The minimum atomic E-state index is -0.551. The molecule has 0 bridgehead atoms. The second-order valence-corrected chi connectivity index (χ2v) is 7.56. The lowest BCUT2D eigenvalue weighted by atomic mass is 10.2. The first kappa shape index (κ1) is 20.3. The first-order valence-electron chi connectivity index (χ1n) is 8.64. The molecule has 8 nitrogen and oxygen atoms in total. The summed E-state index contributed by atoms with van der Waals surface area (Å²) >= 11 is 1.28. The van der Waals surface area contributed by atoms with Crippen LogP contribution in [0.2, 0.25) is 0 Å². The molecule has 1 aromatic rings. The zero-order valence-corrected chi connectivity index (χ0v) is 16.3. The van der Waals surface area contributed by atoms with Crippen molar-refractivity contribution in [2.75, 3.05) is 52.1 Å². The zero-order valence-electron chi connectivity index (χ0n) is 15.5. The average Bonchev–Trinajstić information content (AvgIpc) is 2.92. The summed E-state index contributed by atoms with van der Waals surface area (Å²) < 4.78 is 0. The predicted molar refractivity (Wildman–Crippen MR) is 102 cm³/mol. The molecule has 3 amide bonds. The van der Waals surface area contributed by atoms with Crippen LogP contribution in [0.5, 0.6) is 0 Å². The van der Waals surface area contributed by atoms with Gasteiger partial charge in [0.1, 0.15) is 5.00 Å². The number of anilines is 1. The van der Waals surface area contributed by atoms with Crippen LogP contribution in [0, 0.1) is 0 Å². The minimum absolute atomic E-state index is 0.0842. The molecule has 2 heterocycles. The van der Waals surface area contributed by atoms with Crippen molar-refractivity contribution in [1.29, 1.82) is 0 Å². The molecular weight excluding hydrogens is 354 g/mol. The number of primary amides is 1. The van der Waals surface area contributed by atoms with Crippen molar-refractivity contribution in [2.45, 2.75) is 19.4 Å². The van der Waals surface area contributed by atoms with Gasteiger partial charge < -0.3 is 16.0 Å². The van der Waals surface area contributed by atoms with Crippen molar-refractivity contribution in [3.05, 3.63) is 17.0 Å². The molecule has 144 valence electrons. The Balaban J connectivity index is 1.91. The van der Waals surface area contributed by atoms with Crippen LogP contribution in [0.4, 0.5) is 5.00 Å². The van der Waals surface area contributed by atoms with E-state index < -0.39 is 5.91 Å². The van der Waals surface area contributed by atoms with Gasteiger partial charge in [0.2, 0.25) is 11.8 Å². The van der Waals surface area contributed by atoms with Gasteiger partial charge in [0, 0.05) is 33.7 Å². The Morgan fingerprint density at radius 3 is 2.65 bits per heavy atom. The van der Waals surface area contributed by atoms with E-state index in [2.05, 4.69) is 15.1 Å². The summed E-state index contributed by atoms with van der Waals surface area (Å²) in [5.41, 5.74) is 5.65. The zero-order chi connectivity index (χ0) is 19.3. The Bertz CT molecular complexity index is 661. The molecule has 1 aliphatic heterocycles. The molecule has 0 aromatic carbocycles. The summed E-state index contributed by atoms with van der Waals surface area (Å²) in [6.07, 6.45) is 0.893. The Morgan fingerprint density at radius 1 is 1.27 bits per heavy atom. The number of hydrogen-bond donors (Lipinski definition) is 2. The molecule has 1 fully saturated rings. The van der Waals surface area contributed by atoms with E-state index in [4.69, 9.17) is 5.73 Å². The highest BCUT2D eigenvalue weighted by Gasteiger charge is 2.26. The fourth-order valence-electron chi connectivity index (χ4n) is 2.85. The van der Waals surface area contributed by atoms with Gasteiger partial charge in [-0.15, -0.1) is 11.3 Å². The van der Waals surface area contributed by atoms with Crippen molar-refractivity contribution in [3.8, 4) is 0 Å². The quantitative estimate of drug-likeness (QED) is 0.737. The number of nitrogens with one attached hydrogen (secondary N) is 1. The van der Waals surface area contributed by atoms with Crippen LogP contribution in [0.3, 0.4) is 0 Å². The number of hydrogen-bond acceptors (Lipinski definition) is 6. The van der Waals surface area contributed by atoms with E-state index in [1.807, 2.05) is 6.92 Å². The summed E-state index contributed by atoms with van der Waals surface area (Å²) in [6, 6.07) is 1.28. The van der Waals surface area contributed by atoms with Gasteiger partial charge in [-0.25, -0.2) is 0 Å². The van der Waals surface area contributed by atoms with Crippen LogP contribution >= 0.6 is 11.3 Å². The van der Waals surface area contributed by atoms with Gasteiger partial charge in [0.15, 0.2) is 0 Å². The van der Waals surface area contributed by atoms with Gasteiger partial charge >= 0.3 is 0 Å². The molecule has 1 saturated heterocycles. The summed E-state index contributed by atoms with van der Waals surface area (Å²) in [5.74, 6) is -0.626. The summed E-state index contributed by atoms with van der Waals surface area (Å²) in [7, 11) is 3.51. The Kier molecular flexibility index (Phi) is 7.13. The van der Waals surface area contributed by atoms with Gasteiger partial charge in [-0.2, -0.15) is 0 Å². The number of rotatable bonds is 6. The lowest BCUT2D eigenvalue weighted by Gasteiger charge is -2.27. The molecule has 2 rings (SSSR count). The molecule has 3 N–H and O–H groups in total. The van der Waals surface area contributed by atoms with Crippen LogP contribution in [-0.4, -0.2) is 85.3 Å². The van der Waals surface area contributed by atoms with Crippen molar-refractivity contribution in [3.63, 3.8) is 0 Å². The fourth-order valence-corrected chi connectivity index (χ4v) is 3.65. The smallest absolute Gasteiger partial charge is 0.251 e.